The van der Waals surface area contributed by atoms with Crippen LogP contribution in [-0.2, 0) is 13.0 Å². The van der Waals surface area contributed by atoms with Crippen molar-refractivity contribution in [3.05, 3.63) is 47.2 Å². The maximum absolute atomic E-state index is 4.67. The third-order valence-electron chi connectivity index (χ3n) is 3.98. The van der Waals surface area contributed by atoms with Crippen molar-refractivity contribution in [1.82, 2.24) is 9.97 Å². The quantitative estimate of drug-likeness (QED) is 0.939. The average molecular weight is 282 g/mol. The lowest BCUT2D eigenvalue weighted by molar-refractivity contribution is 0.586. The van der Waals surface area contributed by atoms with Crippen LogP contribution >= 0.6 is 0 Å². The van der Waals surface area contributed by atoms with Gasteiger partial charge in [-0.1, -0.05) is 24.3 Å². The van der Waals surface area contributed by atoms with Crippen LogP contribution in [0.2, 0.25) is 0 Å². The summed E-state index contributed by atoms with van der Waals surface area (Å²) < 4.78 is 0. The molecule has 1 aliphatic rings. The highest BCUT2D eigenvalue weighted by Gasteiger charge is 2.24. The molecule has 4 nitrogen and oxygen atoms in total. The van der Waals surface area contributed by atoms with E-state index in [1.54, 1.807) is 0 Å². The molecule has 110 valence electrons. The van der Waals surface area contributed by atoms with Gasteiger partial charge in [0.2, 0.25) is 5.95 Å². The number of aryl methyl sites for hydroxylation is 1. The highest BCUT2D eigenvalue weighted by molar-refractivity contribution is 5.49. The van der Waals surface area contributed by atoms with Crippen molar-refractivity contribution in [1.29, 1.82) is 0 Å². The van der Waals surface area contributed by atoms with Gasteiger partial charge in [0.05, 0.1) is 0 Å². The maximum Gasteiger partial charge on any atom is 0.224 e. The molecule has 0 bridgehead atoms. The van der Waals surface area contributed by atoms with Gasteiger partial charge < -0.3 is 10.2 Å². The molecular formula is C17H22N4. The van der Waals surface area contributed by atoms with E-state index in [2.05, 4.69) is 64.4 Å². The van der Waals surface area contributed by atoms with Gasteiger partial charge in [0, 0.05) is 30.9 Å². The van der Waals surface area contributed by atoms with Gasteiger partial charge in [0.15, 0.2) is 0 Å². The van der Waals surface area contributed by atoms with E-state index in [0.29, 0.717) is 6.04 Å². The summed E-state index contributed by atoms with van der Waals surface area (Å²) in [5.74, 6) is 1.74. The molecule has 1 aromatic heterocycles. The van der Waals surface area contributed by atoms with Crippen LogP contribution < -0.4 is 10.2 Å². The van der Waals surface area contributed by atoms with Crippen LogP contribution in [0.5, 0.6) is 0 Å². The van der Waals surface area contributed by atoms with E-state index >= 15 is 0 Å². The molecular weight excluding hydrogens is 260 g/mol. The Morgan fingerprint density at radius 2 is 2.00 bits per heavy atom. The van der Waals surface area contributed by atoms with E-state index < -0.39 is 0 Å². The normalized spacial score (nSPS) is 17.5. The maximum atomic E-state index is 4.67. The topological polar surface area (TPSA) is 41.1 Å². The Morgan fingerprint density at radius 1 is 1.24 bits per heavy atom. The molecule has 0 spiro atoms. The fraction of sp³-hybridized carbons (Fsp3) is 0.412. The summed E-state index contributed by atoms with van der Waals surface area (Å²) in [6, 6.07) is 11.2. The molecule has 1 atom stereocenters. The monoisotopic (exact) mass is 282 g/mol. The molecule has 0 saturated carbocycles. The van der Waals surface area contributed by atoms with Gasteiger partial charge in [-0.2, -0.15) is 4.98 Å². The highest BCUT2D eigenvalue weighted by Crippen LogP contribution is 2.28. The summed E-state index contributed by atoms with van der Waals surface area (Å²) in [5, 5.41) is 3.21. The van der Waals surface area contributed by atoms with Crippen molar-refractivity contribution in [3.8, 4) is 0 Å². The van der Waals surface area contributed by atoms with Crippen molar-refractivity contribution in [2.45, 2.75) is 39.8 Å². The molecule has 1 N–H and O–H groups in total. The van der Waals surface area contributed by atoms with Crippen molar-refractivity contribution in [3.63, 3.8) is 0 Å². The third-order valence-corrected chi connectivity index (χ3v) is 3.98. The summed E-state index contributed by atoms with van der Waals surface area (Å²) in [6.45, 7) is 8.10. The van der Waals surface area contributed by atoms with E-state index in [0.717, 1.165) is 37.0 Å². The van der Waals surface area contributed by atoms with Crippen molar-refractivity contribution >= 4 is 11.8 Å². The Bertz CT molecular complexity index is 638. The number of benzene rings is 1. The lowest BCUT2D eigenvalue weighted by Crippen LogP contribution is -2.39. The van der Waals surface area contributed by atoms with Crippen LogP contribution in [0.4, 0.5) is 11.8 Å². The predicted octanol–water partition coefficient (Wildman–Crippen LogP) is 3.17. The molecule has 0 saturated heterocycles. The molecule has 21 heavy (non-hydrogen) atoms. The van der Waals surface area contributed by atoms with Gasteiger partial charge in [-0.3, -0.25) is 0 Å². The molecule has 0 fully saturated rings. The SMILES string of the molecule is CCNc1nc(C)cc(N2Cc3ccccc3C[C@@H]2C)n1. The summed E-state index contributed by atoms with van der Waals surface area (Å²) in [7, 11) is 0. The zero-order chi connectivity index (χ0) is 14.8. The number of anilines is 2. The summed E-state index contributed by atoms with van der Waals surface area (Å²) in [4.78, 5) is 11.5. The Balaban J connectivity index is 1.93. The molecule has 2 aromatic rings. The summed E-state index contributed by atoms with van der Waals surface area (Å²) in [5.41, 5.74) is 3.86. The number of hydrogen-bond acceptors (Lipinski definition) is 4. The van der Waals surface area contributed by atoms with E-state index in [-0.39, 0.29) is 0 Å². The minimum Gasteiger partial charge on any atom is -0.354 e. The molecule has 3 rings (SSSR count). The van der Waals surface area contributed by atoms with E-state index in [1.165, 1.54) is 11.1 Å². The smallest absolute Gasteiger partial charge is 0.224 e. The van der Waals surface area contributed by atoms with Crippen LogP contribution in [0.15, 0.2) is 30.3 Å². The first-order valence-electron chi connectivity index (χ1n) is 7.60. The molecule has 1 aliphatic heterocycles. The Morgan fingerprint density at radius 3 is 2.76 bits per heavy atom. The van der Waals surface area contributed by atoms with Gasteiger partial charge in [-0.15, -0.1) is 0 Å². The van der Waals surface area contributed by atoms with Crippen molar-refractivity contribution in [2.75, 3.05) is 16.8 Å². The summed E-state index contributed by atoms with van der Waals surface area (Å²) in [6.07, 6.45) is 1.07. The minimum absolute atomic E-state index is 0.448. The minimum atomic E-state index is 0.448. The molecule has 4 heteroatoms. The van der Waals surface area contributed by atoms with E-state index in [4.69, 9.17) is 0 Å². The number of nitrogens with zero attached hydrogens (tertiary/aromatic N) is 3. The molecule has 0 aliphatic carbocycles. The molecule has 1 aromatic carbocycles. The predicted molar refractivity (Wildman–Crippen MR) is 86.7 cm³/mol. The zero-order valence-corrected chi connectivity index (χ0v) is 12.9. The van der Waals surface area contributed by atoms with Crippen LogP contribution in [0.25, 0.3) is 0 Å². The zero-order valence-electron chi connectivity index (χ0n) is 12.9. The van der Waals surface area contributed by atoms with E-state index in [1.807, 2.05) is 6.92 Å². The van der Waals surface area contributed by atoms with E-state index in [9.17, 15) is 0 Å². The van der Waals surface area contributed by atoms with Gasteiger partial charge in [-0.05, 0) is 38.3 Å². The van der Waals surface area contributed by atoms with Crippen LogP contribution in [0, 0.1) is 6.92 Å². The molecule has 2 heterocycles. The molecule has 0 unspecified atom stereocenters. The van der Waals surface area contributed by atoms with Gasteiger partial charge in [0.25, 0.3) is 0 Å². The Kier molecular flexibility index (Phi) is 3.78. The van der Waals surface area contributed by atoms with Crippen LogP contribution in [0.1, 0.15) is 30.7 Å². The fourth-order valence-electron chi connectivity index (χ4n) is 2.92. The number of fused-ring (bicyclic) bond motifs is 1. The number of aromatic nitrogens is 2. The first-order valence-corrected chi connectivity index (χ1v) is 7.60. The summed E-state index contributed by atoms with van der Waals surface area (Å²) >= 11 is 0. The highest BCUT2D eigenvalue weighted by atomic mass is 15.2. The number of nitrogens with one attached hydrogen (secondary N) is 1. The first-order chi connectivity index (χ1) is 10.2. The van der Waals surface area contributed by atoms with Crippen molar-refractivity contribution < 1.29 is 0 Å². The van der Waals surface area contributed by atoms with Crippen LogP contribution in [0.3, 0.4) is 0 Å². The van der Waals surface area contributed by atoms with Gasteiger partial charge in [0.1, 0.15) is 5.82 Å². The molecule has 0 radical (unpaired) electrons. The fourth-order valence-corrected chi connectivity index (χ4v) is 2.92. The molecule has 0 amide bonds. The number of rotatable bonds is 3. The Hall–Kier alpha value is -2.10. The second-order valence-corrected chi connectivity index (χ2v) is 5.67. The lowest BCUT2D eigenvalue weighted by Gasteiger charge is -2.36. The number of hydrogen-bond donors (Lipinski definition) is 1. The van der Waals surface area contributed by atoms with Crippen molar-refractivity contribution in [2.24, 2.45) is 0 Å². The Labute approximate surface area is 126 Å². The van der Waals surface area contributed by atoms with Gasteiger partial charge in [-0.25, -0.2) is 4.98 Å². The third kappa shape index (κ3) is 2.84. The largest absolute Gasteiger partial charge is 0.354 e. The standard InChI is InChI=1S/C17H22N4/c1-4-18-17-19-12(2)9-16(20-17)21-11-15-8-6-5-7-14(15)10-13(21)3/h5-9,13H,4,10-11H2,1-3H3,(H,18,19,20)/t13-/m0/s1. The second kappa shape index (κ2) is 5.72. The van der Waals surface area contributed by atoms with Crippen LogP contribution in [-0.4, -0.2) is 22.6 Å². The average Bonchev–Trinajstić information content (AvgIpc) is 2.46. The van der Waals surface area contributed by atoms with Gasteiger partial charge >= 0.3 is 0 Å². The first kappa shape index (κ1) is 13.9. The lowest BCUT2D eigenvalue weighted by atomic mass is 9.95. The second-order valence-electron chi connectivity index (χ2n) is 5.67.